The molecule has 196 valence electrons. The first-order valence-electron chi connectivity index (χ1n) is 13.6. The molecule has 0 amide bonds. The van der Waals surface area contributed by atoms with E-state index in [1.165, 1.54) is 26.5 Å². The molecule has 3 fully saturated rings. The number of carbonyl (C=O) groups excluding carboxylic acids is 3. The number of rotatable bonds is 6. The van der Waals surface area contributed by atoms with Crippen LogP contribution in [0.2, 0.25) is 0 Å². The molecule has 0 aliphatic heterocycles. The largest absolute Gasteiger partial charge is 0.469 e. The van der Waals surface area contributed by atoms with E-state index in [1.54, 1.807) is 0 Å². The van der Waals surface area contributed by atoms with Crippen LogP contribution in [0, 0.1) is 40.4 Å². The van der Waals surface area contributed by atoms with E-state index >= 15 is 0 Å². The van der Waals surface area contributed by atoms with Crippen molar-refractivity contribution in [3.8, 4) is 0 Å². The standard InChI is InChI=1S/C29H44O6/c1-17(7-10-26(32)33-6)22-8-9-23-27-24(12-14-29(22,23)5)28(4)13-11-21(34-18(2)30)15-20(28)16-25(27)35-19(3)31/h8,17,20-21,23-25,27H,7,9-16H2,1-6H3/t17-,20+,21-,23+,24+,25-,27+,28+,29-/m1/s1. The highest BCUT2D eigenvalue weighted by molar-refractivity contribution is 5.69. The summed E-state index contributed by atoms with van der Waals surface area (Å²) in [7, 11) is 1.45. The highest BCUT2D eigenvalue weighted by Gasteiger charge is 2.62. The average Bonchev–Trinajstić information content (AvgIpc) is 3.14. The summed E-state index contributed by atoms with van der Waals surface area (Å²) in [6.07, 6.45) is 10.6. The van der Waals surface area contributed by atoms with Gasteiger partial charge < -0.3 is 14.2 Å². The van der Waals surface area contributed by atoms with Gasteiger partial charge in [-0.2, -0.15) is 0 Å². The molecule has 0 N–H and O–H groups in total. The Balaban J connectivity index is 1.58. The summed E-state index contributed by atoms with van der Waals surface area (Å²) in [6, 6.07) is 0. The van der Waals surface area contributed by atoms with Crippen molar-refractivity contribution in [2.45, 2.75) is 105 Å². The van der Waals surface area contributed by atoms with Crippen LogP contribution in [0.1, 0.15) is 92.4 Å². The van der Waals surface area contributed by atoms with E-state index in [0.717, 1.165) is 51.4 Å². The summed E-state index contributed by atoms with van der Waals surface area (Å²) < 4.78 is 16.6. The number of methoxy groups -OCH3 is 1. The molecule has 0 heterocycles. The fourth-order valence-electron chi connectivity index (χ4n) is 8.80. The third-order valence-corrected chi connectivity index (χ3v) is 10.4. The maximum Gasteiger partial charge on any atom is 0.305 e. The lowest BCUT2D eigenvalue weighted by atomic mass is 9.43. The minimum atomic E-state index is -0.205. The molecule has 0 bridgehead atoms. The van der Waals surface area contributed by atoms with Crippen molar-refractivity contribution in [1.29, 1.82) is 0 Å². The molecule has 4 rings (SSSR count). The van der Waals surface area contributed by atoms with Crippen LogP contribution in [0.25, 0.3) is 0 Å². The van der Waals surface area contributed by atoms with Crippen LogP contribution in [0.3, 0.4) is 0 Å². The number of fused-ring (bicyclic) bond motifs is 5. The summed E-state index contributed by atoms with van der Waals surface area (Å²) in [4.78, 5) is 35.6. The molecule has 0 spiro atoms. The van der Waals surface area contributed by atoms with Gasteiger partial charge in [-0.1, -0.05) is 32.4 Å². The topological polar surface area (TPSA) is 78.9 Å². The molecule has 9 atom stereocenters. The summed E-state index contributed by atoms with van der Waals surface area (Å²) in [6.45, 7) is 10.1. The predicted molar refractivity (Wildman–Crippen MR) is 132 cm³/mol. The predicted octanol–water partition coefficient (Wildman–Crippen LogP) is 5.63. The second kappa shape index (κ2) is 9.89. The van der Waals surface area contributed by atoms with Gasteiger partial charge in [0, 0.05) is 26.2 Å². The number of allylic oxidation sites excluding steroid dienone is 2. The quantitative estimate of drug-likeness (QED) is 0.274. The van der Waals surface area contributed by atoms with E-state index in [4.69, 9.17) is 14.2 Å². The lowest BCUT2D eigenvalue weighted by molar-refractivity contribution is -0.192. The minimum absolute atomic E-state index is 0.0237. The molecule has 0 unspecified atom stereocenters. The van der Waals surface area contributed by atoms with Crippen molar-refractivity contribution < 1.29 is 28.6 Å². The first-order chi connectivity index (χ1) is 16.5. The molecule has 35 heavy (non-hydrogen) atoms. The van der Waals surface area contributed by atoms with Gasteiger partial charge >= 0.3 is 17.9 Å². The Labute approximate surface area is 210 Å². The number of esters is 3. The number of hydrogen-bond acceptors (Lipinski definition) is 6. The van der Waals surface area contributed by atoms with Crippen molar-refractivity contribution >= 4 is 17.9 Å². The van der Waals surface area contributed by atoms with Gasteiger partial charge in [0.15, 0.2) is 0 Å². The number of hydrogen-bond donors (Lipinski definition) is 0. The van der Waals surface area contributed by atoms with Crippen LogP contribution in [0.15, 0.2) is 11.6 Å². The maximum absolute atomic E-state index is 12.2. The molecular weight excluding hydrogens is 444 g/mol. The molecule has 0 aromatic carbocycles. The van der Waals surface area contributed by atoms with Crippen LogP contribution in [-0.4, -0.2) is 37.2 Å². The van der Waals surface area contributed by atoms with E-state index in [9.17, 15) is 14.4 Å². The van der Waals surface area contributed by atoms with Crippen molar-refractivity contribution in [3.63, 3.8) is 0 Å². The maximum atomic E-state index is 12.2. The van der Waals surface area contributed by atoms with Gasteiger partial charge in [0.25, 0.3) is 0 Å². The van der Waals surface area contributed by atoms with Gasteiger partial charge in [0.05, 0.1) is 7.11 Å². The van der Waals surface area contributed by atoms with E-state index < -0.39 is 0 Å². The van der Waals surface area contributed by atoms with Gasteiger partial charge in [-0.15, -0.1) is 0 Å². The van der Waals surface area contributed by atoms with E-state index in [2.05, 4.69) is 26.8 Å². The number of carbonyl (C=O) groups is 3. The van der Waals surface area contributed by atoms with Crippen LogP contribution in [-0.2, 0) is 28.6 Å². The third-order valence-electron chi connectivity index (χ3n) is 10.4. The van der Waals surface area contributed by atoms with Gasteiger partial charge in [-0.25, -0.2) is 0 Å². The molecule has 4 aliphatic carbocycles. The van der Waals surface area contributed by atoms with Crippen LogP contribution >= 0.6 is 0 Å². The monoisotopic (exact) mass is 488 g/mol. The Hall–Kier alpha value is -1.85. The Morgan fingerprint density at radius 3 is 2.40 bits per heavy atom. The molecule has 3 saturated carbocycles. The second-order valence-corrected chi connectivity index (χ2v) is 12.2. The lowest BCUT2D eigenvalue weighted by Gasteiger charge is -2.62. The van der Waals surface area contributed by atoms with Gasteiger partial charge in [-0.05, 0) is 85.9 Å². The third kappa shape index (κ3) is 4.79. The summed E-state index contributed by atoms with van der Waals surface area (Å²) >= 11 is 0. The summed E-state index contributed by atoms with van der Waals surface area (Å²) in [5.74, 6) is 1.46. The molecular formula is C29H44O6. The zero-order valence-electron chi connectivity index (χ0n) is 22.4. The van der Waals surface area contributed by atoms with Gasteiger partial charge in [-0.3, -0.25) is 14.4 Å². The molecule has 4 aliphatic rings. The van der Waals surface area contributed by atoms with Crippen LogP contribution in [0.4, 0.5) is 0 Å². The summed E-state index contributed by atoms with van der Waals surface area (Å²) in [5.41, 5.74) is 1.74. The highest BCUT2D eigenvalue weighted by Crippen LogP contribution is 2.67. The van der Waals surface area contributed by atoms with Crippen LogP contribution < -0.4 is 0 Å². The fraction of sp³-hybridized carbons (Fsp3) is 0.828. The molecule has 0 aromatic rings. The molecule has 6 heteroatoms. The van der Waals surface area contributed by atoms with Gasteiger partial charge in [0.1, 0.15) is 12.2 Å². The second-order valence-electron chi connectivity index (χ2n) is 12.2. The Bertz CT molecular complexity index is 878. The van der Waals surface area contributed by atoms with Crippen molar-refractivity contribution in [2.75, 3.05) is 7.11 Å². The van der Waals surface area contributed by atoms with Crippen LogP contribution in [0.5, 0.6) is 0 Å². The Kier molecular flexibility index (Phi) is 7.41. The lowest BCUT2D eigenvalue weighted by Crippen LogP contribution is -2.59. The van der Waals surface area contributed by atoms with E-state index in [-0.39, 0.29) is 40.9 Å². The molecule has 6 nitrogen and oxygen atoms in total. The average molecular weight is 489 g/mol. The summed E-state index contributed by atoms with van der Waals surface area (Å²) in [5, 5.41) is 0. The zero-order valence-corrected chi connectivity index (χ0v) is 22.4. The minimum Gasteiger partial charge on any atom is -0.469 e. The van der Waals surface area contributed by atoms with Gasteiger partial charge in [0.2, 0.25) is 0 Å². The normalized spacial score (nSPS) is 40.9. The van der Waals surface area contributed by atoms with Crippen molar-refractivity contribution in [1.82, 2.24) is 0 Å². The fourth-order valence-corrected chi connectivity index (χ4v) is 8.80. The van der Waals surface area contributed by atoms with Crippen molar-refractivity contribution in [2.24, 2.45) is 40.4 Å². The van der Waals surface area contributed by atoms with E-state index in [0.29, 0.717) is 36.0 Å². The molecule has 0 aromatic heterocycles. The number of ether oxygens (including phenoxy) is 3. The molecule has 0 saturated heterocycles. The Morgan fingerprint density at radius 2 is 1.74 bits per heavy atom. The Morgan fingerprint density at radius 1 is 1.03 bits per heavy atom. The smallest absolute Gasteiger partial charge is 0.305 e. The SMILES string of the molecule is COC(=O)CC[C@@H](C)C1=CC[C@H]2[C@@H]3[C@H](OC(C)=O)C[C@@H]4C[C@H](OC(C)=O)CC[C@]4(C)[C@H]3CC[C@]12C. The first-order valence-corrected chi connectivity index (χ1v) is 13.6. The molecule has 0 radical (unpaired) electrons. The van der Waals surface area contributed by atoms with E-state index in [1.807, 2.05) is 0 Å². The van der Waals surface area contributed by atoms with Crippen molar-refractivity contribution in [3.05, 3.63) is 11.6 Å². The zero-order chi connectivity index (χ0) is 25.5. The first kappa shape index (κ1) is 26.2. The highest BCUT2D eigenvalue weighted by atomic mass is 16.5.